The standard InChI is InChI=1S/C3H6O6Si/c4-10(5,6)9-3-1-2(7-1)8-3/h1-6H. The van der Waals surface area contributed by atoms with Crippen LogP contribution in [0.15, 0.2) is 0 Å². The summed E-state index contributed by atoms with van der Waals surface area (Å²) < 4.78 is 13.7. The van der Waals surface area contributed by atoms with Crippen LogP contribution >= 0.6 is 0 Å². The molecule has 2 rings (SSSR count). The summed E-state index contributed by atoms with van der Waals surface area (Å²) in [6.45, 7) is 0. The van der Waals surface area contributed by atoms with Crippen LogP contribution in [0.25, 0.3) is 0 Å². The zero-order valence-electron chi connectivity index (χ0n) is 4.80. The van der Waals surface area contributed by atoms with Gasteiger partial charge in [0.25, 0.3) is 0 Å². The molecule has 58 valence electrons. The average molecular weight is 166 g/mol. The van der Waals surface area contributed by atoms with E-state index in [9.17, 15) is 0 Å². The summed E-state index contributed by atoms with van der Waals surface area (Å²) in [5, 5.41) is 0. The quantitative estimate of drug-likeness (QED) is 0.310. The molecule has 2 saturated heterocycles. The normalized spacial score (nSPS) is 44.1. The minimum absolute atomic E-state index is 0.210. The topological polar surface area (TPSA) is 91.7 Å². The summed E-state index contributed by atoms with van der Waals surface area (Å²) in [7, 11) is -4.41. The van der Waals surface area contributed by atoms with Crippen LogP contribution in [0.5, 0.6) is 0 Å². The van der Waals surface area contributed by atoms with Gasteiger partial charge in [-0.3, -0.25) is 0 Å². The monoisotopic (exact) mass is 166 g/mol. The van der Waals surface area contributed by atoms with Crippen molar-refractivity contribution in [2.24, 2.45) is 0 Å². The molecule has 10 heavy (non-hydrogen) atoms. The van der Waals surface area contributed by atoms with Gasteiger partial charge in [0.05, 0.1) is 0 Å². The van der Waals surface area contributed by atoms with Crippen molar-refractivity contribution in [1.29, 1.82) is 0 Å². The molecule has 3 atom stereocenters. The second kappa shape index (κ2) is 1.77. The molecule has 0 amide bonds. The molecule has 2 aliphatic heterocycles. The van der Waals surface area contributed by atoms with E-state index in [2.05, 4.69) is 4.43 Å². The lowest BCUT2D eigenvalue weighted by Crippen LogP contribution is -2.49. The molecule has 6 nitrogen and oxygen atoms in total. The van der Waals surface area contributed by atoms with Gasteiger partial charge in [-0.1, -0.05) is 0 Å². The molecule has 7 heteroatoms. The first kappa shape index (κ1) is 6.67. The highest BCUT2D eigenvalue weighted by molar-refractivity contribution is 6.48. The Kier molecular flexibility index (Phi) is 1.18. The van der Waals surface area contributed by atoms with E-state index in [1.165, 1.54) is 0 Å². The molecule has 0 aromatic rings. The molecule has 3 N–H and O–H groups in total. The predicted octanol–water partition coefficient (Wildman–Crippen LogP) is -2.50. The van der Waals surface area contributed by atoms with Crippen LogP contribution in [-0.2, 0) is 13.9 Å². The Balaban J connectivity index is 1.80. The molecular formula is C3H6O6Si. The molecule has 0 spiro atoms. The first-order chi connectivity index (χ1) is 4.56. The lowest BCUT2D eigenvalue weighted by Gasteiger charge is -2.23. The van der Waals surface area contributed by atoms with Crippen molar-refractivity contribution in [2.75, 3.05) is 0 Å². The Bertz CT molecular complexity index is 154. The maximum Gasteiger partial charge on any atom is 0.673 e. The fourth-order valence-corrected chi connectivity index (χ4v) is 1.28. The molecule has 0 radical (unpaired) electrons. The number of ether oxygens (including phenoxy) is 2. The van der Waals surface area contributed by atoms with Gasteiger partial charge in [-0.2, -0.15) is 0 Å². The smallest absolute Gasteiger partial charge is 0.368 e. The SMILES string of the molecule is O[Si](O)(O)OC1OC2OC21. The minimum Gasteiger partial charge on any atom is -0.368 e. The van der Waals surface area contributed by atoms with Crippen LogP contribution in [-0.4, -0.2) is 42.1 Å². The van der Waals surface area contributed by atoms with Crippen LogP contribution in [0, 0.1) is 0 Å². The van der Waals surface area contributed by atoms with Crippen LogP contribution < -0.4 is 0 Å². The minimum atomic E-state index is -4.41. The van der Waals surface area contributed by atoms with E-state index in [0.29, 0.717) is 0 Å². The largest absolute Gasteiger partial charge is 0.673 e. The summed E-state index contributed by atoms with van der Waals surface area (Å²) in [6.07, 6.45) is -1.25. The Labute approximate surface area is 57.1 Å². The maximum atomic E-state index is 8.38. The molecule has 2 fully saturated rings. The molecule has 2 heterocycles. The summed E-state index contributed by atoms with van der Waals surface area (Å²) >= 11 is 0. The van der Waals surface area contributed by atoms with Gasteiger partial charge in [-0.15, -0.1) is 0 Å². The van der Waals surface area contributed by atoms with E-state index in [1.54, 1.807) is 0 Å². The lowest BCUT2D eigenvalue weighted by atomic mass is 10.4. The third-order valence-corrected chi connectivity index (χ3v) is 1.84. The average Bonchev–Trinajstić information content (AvgIpc) is 2.33. The first-order valence-electron chi connectivity index (χ1n) is 2.72. The zero-order chi connectivity index (χ0) is 7.35. The Hall–Kier alpha value is -0.0231. The molecule has 3 unspecified atom stereocenters. The van der Waals surface area contributed by atoms with Crippen molar-refractivity contribution in [1.82, 2.24) is 0 Å². The number of rotatable bonds is 2. The van der Waals surface area contributed by atoms with Gasteiger partial charge in [0.2, 0.25) is 0 Å². The van der Waals surface area contributed by atoms with Gasteiger partial charge in [-0.05, 0) is 0 Å². The van der Waals surface area contributed by atoms with Gasteiger partial charge in [0.15, 0.2) is 18.7 Å². The number of hydrogen-bond donors (Lipinski definition) is 3. The van der Waals surface area contributed by atoms with Crippen molar-refractivity contribution in [3.63, 3.8) is 0 Å². The van der Waals surface area contributed by atoms with Gasteiger partial charge < -0.3 is 28.3 Å². The van der Waals surface area contributed by atoms with Crippen molar-refractivity contribution in [2.45, 2.75) is 18.7 Å². The van der Waals surface area contributed by atoms with Gasteiger partial charge in [0.1, 0.15) is 0 Å². The fourth-order valence-electron chi connectivity index (χ4n) is 0.782. The summed E-state index contributed by atoms with van der Waals surface area (Å²) in [5.41, 5.74) is 0. The van der Waals surface area contributed by atoms with E-state index in [4.69, 9.17) is 23.9 Å². The highest BCUT2D eigenvalue weighted by Gasteiger charge is 2.62. The number of epoxide rings is 1. The fraction of sp³-hybridized carbons (Fsp3) is 1.00. The van der Waals surface area contributed by atoms with Crippen LogP contribution in [0.4, 0.5) is 0 Å². The van der Waals surface area contributed by atoms with Crippen LogP contribution in [0.1, 0.15) is 0 Å². The van der Waals surface area contributed by atoms with Crippen molar-refractivity contribution in [3.8, 4) is 0 Å². The van der Waals surface area contributed by atoms with E-state index < -0.39 is 15.3 Å². The van der Waals surface area contributed by atoms with E-state index in [0.717, 1.165) is 0 Å². The van der Waals surface area contributed by atoms with Crippen LogP contribution in [0.3, 0.4) is 0 Å². The van der Waals surface area contributed by atoms with Crippen molar-refractivity contribution in [3.05, 3.63) is 0 Å². The Morgan fingerprint density at radius 3 is 2.20 bits per heavy atom. The highest BCUT2D eigenvalue weighted by Crippen LogP contribution is 2.40. The second-order valence-corrected chi connectivity index (χ2v) is 3.55. The molecule has 0 aliphatic carbocycles. The first-order valence-corrected chi connectivity index (χ1v) is 4.47. The lowest BCUT2D eigenvalue weighted by molar-refractivity contribution is -0.185. The van der Waals surface area contributed by atoms with Crippen molar-refractivity contribution >= 4 is 9.05 Å². The van der Waals surface area contributed by atoms with E-state index in [1.807, 2.05) is 0 Å². The van der Waals surface area contributed by atoms with Gasteiger partial charge >= 0.3 is 9.05 Å². The van der Waals surface area contributed by atoms with Crippen molar-refractivity contribution < 1.29 is 28.3 Å². The highest BCUT2D eigenvalue weighted by atomic mass is 28.4. The van der Waals surface area contributed by atoms with E-state index >= 15 is 0 Å². The maximum absolute atomic E-state index is 8.38. The Morgan fingerprint density at radius 2 is 1.90 bits per heavy atom. The van der Waals surface area contributed by atoms with E-state index in [-0.39, 0.29) is 12.4 Å². The van der Waals surface area contributed by atoms with Gasteiger partial charge in [-0.25, -0.2) is 0 Å². The second-order valence-electron chi connectivity index (χ2n) is 2.17. The summed E-state index contributed by atoms with van der Waals surface area (Å²) in [6, 6.07) is 0. The number of fused-ring (bicyclic) bond motifs is 1. The molecule has 2 aliphatic rings. The third-order valence-electron chi connectivity index (χ3n) is 1.29. The number of hydrogen-bond acceptors (Lipinski definition) is 6. The molecular weight excluding hydrogens is 160 g/mol. The predicted molar refractivity (Wildman–Crippen MR) is 27.0 cm³/mol. The Morgan fingerprint density at radius 1 is 1.20 bits per heavy atom. The zero-order valence-corrected chi connectivity index (χ0v) is 5.80. The molecule has 0 saturated carbocycles. The van der Waals surface area contributed by atoms with Gasteiger partial charge in [0, 0.05) is 0 Å². The summed E-state index contributed by atoms with van der Waals surface area (Å²) in [4.78, 5) is 25.1. The molecule has 0 aromatic carbocycles. The summed E-state index contributed by atoms with van der Waals surface area (Å²) in [5.74, 6) is 0. The van der Waals surface area contributed by atoms with Crippen LogP contribution in [0.2, 0.25) is 0 Å². The third kappa shape index (κ3) is 1.08. The molecule has 0 aromatic heterocycles. The molecule has 0 bridgehead atoms.